The van der Waals surface area contributed by atoms with Crippen LogP contribution in [-0.4, -0.2) is 12.8 Å². The Morgan fingerprint density at radius 1 is 1.45 bits per heavy atom. The quantitative estimate of drug-likeness (QED) is 0.591. The second kappa shape index (κ2) is 2.95. The molecule has 0 radical (unpaired) electrons. The molecule has 0 bridgehead atoms. The standard InChI is InChI=1S/C8H15N3/c1-5-6(2)8(9-4)11-10-7(5)3/h5,9,11H,1-4H3. The summed E-state index contributed by atoms with van der Waals surface area (Å²) in [5.74, 6) is 1.49. The van der Waals surface area contributed by atoms with Crippen molar-refractivity contribution in [3.05, 3.63) is 11.4 Å². The van der Waals surface area contributed by atoms with Crippen LogP contribution in [0.5, 0.6) is 0 Å². The van der Waals surface area contributed by atoms with Crippen molar-refractivity contribution < 1.29 is 0 Å². The van der Waals surface area contributed by atoms with Gasteiger partial charge in [-0.2, -0.15) is 5.10 Å². The second-order valence-electron chi connectivity index (χ2n) is 2.89. The maximum absolute atomic E-state index is 4.16. The Morgan fingerprint density at radius 3 is 2.64 bits per heavy atom. The van der Waals surface area contributed by atoms with Crippen LogP contribution < -0.4 is 10.7 Å². The lowest BCUT2D eigenvalue weighted by atomic mass is 9.97. The summed E-state index contributed by atoms with van der Waals surface area (Å²) >= 11 is 0. The first-order valence-electron chi connectivity index (χ1n) is 3.85. The average Bonchev–Trinajstić information content (AvgIpc) is 2.01. The fraction of sp³-hybridized carbons (Fsp3) is 0.625. The lowest BCUT2D eigenvalue weighted by Gasteiger charge is -2.22. The molecule has 62 valence electrons. The van der Waals surface area contributed by atoms with Gasteiger partial charge < -0.3 is 5.32 Å². The third-order valence-electron chi connectivity index (χ3n) is 2.26. The fourth-order valence-electron chi connectivity index (χ4n) is 1.11. The number of hydrogen-bond acceptors (Lipinski definition) is 3. The zero-order valence-corrected chi connectivity index (χ0v) is 7.52. The van der Waals surface area contributed by atoms with Gasteiger partial charge in [0.25, 0.3) is 0 Å². The van der Waals surface area contributed by atoms with Crippen LogP contribution in [0.15, 0.2) is 16.5 Å². The highest BCUT2D eigenvalue weighted by Gasteiger charge is 2.16. The Morgan fingerprint density at radius 2 is 2.09 bits per heavy atom. The van der Waals surface area contributed by atoms with Gasteiger partial charge in [0.15, 0.2) is 0 Å². The lowest BCUT2D eigenvalue weighted by Crippen LogP contribution is -2.30. The molecular formula is C8H15N3. The molecule has 0 aromatic heterocycles. The van der Waals surface area contributed by atoms with E-state index in [0.29, 0.717) is 5.92 Å². The van der Waals surface area contributed by atoms with E-state index in [-0.39, 0.29) is 0 Å². The molecule has 0 aliphatic carbocycles. The maximum atomic E-state index is 4.16. The first-order valence-corrected chi connectivity index (χ1v) is 3.85. The number of hydrazone groups is 1. The smallest absolute Gasteiger partial charge is 0.119 e. The summed E-state index contributed by atoms with van der Waals surface area (Å²) in [7, 11) is 1.90. The topological polar surface area (TPSA) is 36.4 Å². The molecule has 11 heavy (non-hydrogen) atoms. The summed E-state index contributed by atoms with van der Waals surface area (Å²) in [6, 6.07) is 0. The predicted octanol–water partition coefficient (Wildman–Crippen LogP) is 1.05. The fourth-order valence-corrected chi connectivity index (χ4v) is 1.11. The number of hydrogen-bond donors (Lipinski definition) is 2. The highest BCUT2D eigenvalue weighted by atomic mass is 15.4. The molecule has 2 N–H and O–H groups in total. The van der Waals surface area contributed by atoms with Gasteiger partial charge in [0.05, 0.1) is 0 Å². The highest BCUT2D eigenvalue weighted by molar-refractivity contribution is 5.87. The van der Waals surface area contributed by atoms with Crippen LogP contribution in [0.4, 0.5) is 0 Å². The Balaban J connectivity index is 2.84. The van der Waals surface area contributed by atoms with Crippen LogP contribution in [0.3, 0.4) is 0 Å². The van der Waals surface area contributed by atoms with E-state index in [1.165, 1.54) is 5.57 Å². The number of allylic oxidation sites excluding steroid dienone is 1. The van der Waals surface area contributed by atoms with E-state index < -0.39 is 0 Å². The van der Waals surface area contributed by atoms with Crippen LogP contribution in [0.25, 0.3) is 0 Å². The minimum absolute atomic E-state index is 0.457. The van der Waals surface area contributed by atoms with Gasteiger partial charge in [-0.1, -0.05) is 6.92 Å². The van der Waals surface area contributed by atoms with Crippen molar-refractivity contribution >= 4 is 5.71 Å². The van der Waals surface area contributed by atoms with Gasteiger partial charge in [-0.25, -0.2) is 0 Å². The number of rotatable bonds is 1. The van der Waals surface area contributed by atoms with E-state index in [0.717, 1.165) is 11.5 Å². The average molecular weight is 153 g/mol. The normalized spacial score (nSPS) is 24.4. The summed E-state index contributed by atoms with van der Waals surface area (Å²) in [4.78, 5) is 0. The molecule has 1 unspecified atom stereocenters. The van der Waals surface area contributed by atoms with Crippen LogP contribution >= 0.6 is 0 Å². The van der Waals surface area contributed by atoms with Crippen molar-refractivity contribution in [2.45, 2.75) is 20.8 Å². The van der Waals surface area contributed by atoms with Gasteiger partial charge in [-0.3, -0.25) is 5.43 Å². The van der Waals surface area contributed by atoms with Gasteiger partial charge in [0, 0.05) is 18.7 Å². The first-order chi connectivity index (χ1) is 5.16. The van der Waals surface area contributed by atoms with Gasteiger partial charge in [-0.05, 0) is 19.4 Å². The number of nitrogens with one attached hydrogen (secondary N) is 2. The zero-order valence-electron chi connectivity index (χ0n) is 7.52. The third kappa shape index (κ3) is 1.37. The Labute approximate surface area is 67.6 Å². The molecule has 0 saturated carbocycles. The van der Waals surface area contributed by atoms with Gasteiger partial charge >= 0.3 is 0 Å². The van der Waals surface area contributed by atoms with Crippen molar-refractivity contribution in [2.24, 2.45) is 11.0 Å². The van der Waals surface area contributed by atoms with E-state index in [9.17, 15) is 0 Å². The highest BCUT2D eigenvalue weighted by Crippen LogP contribution is 2.16. The molecule has 1 atom stereocenters. The summed E-state index contributed by atoms with van der Waals surface area (Å²) in [6.45, 7) is 6.31. The Hall–Kier alpha value is -0.990. The van der Waals surface area contributed by atoms with Crippen molar-refractivity contribution in [2.75, 3.05) is 7.05 Å². The largest absolute Gasteiger partial charge is 0.374 e. The molecule has 0 amide bonds. The number of nitrogens with zero attached hydrogens (tertiary/aromatic N) is 1. The molecule has 0 aromatic carbocycles. The van der Waals surface area contributed by atoms with Crippen molar-refractivity contribution in [3.63, 3.8) is 0 Å². The van der Waals surface area contributed by atoms with E-state index in [1.54, 1.807) is 0 Å². The summed E-state index contributed by atoms with van der Waals surface area (Å²) < 4.78 is 0. The lowest BCUT2D eigenvalue weighted by molar-refractivity contribution is 0.690. The van der Waals surface area contributed by atoms with Crippen LogP contribution in [-0.2, 0) is 0 Å². The van der Waals surface area contributed by atoms with Crippen LogP contribution in [0.1, 0.15) is 20.8 Å². The molecular weight excluding hydrogens is 138 g/mol. The summed E-state index contributed by atoms with van der Waals surface area (Å²) in [5.41, 5.74) is 5.41. The summed E-state index contributed by atoms with van der Waals surface area (Å²) in [5, 5.41) is 7.23. The third-order valence-corrected chi connectivity index (χ3v) is 2.26. The van der Waals surface area contributed by atoms with E-state index in [1.807, 2.05) is 14.0 Å². The zero-order chi connectivity index (χ0) is 8.43. The Bertz CT molecular complexity index is 215. The van der Waals surface area contributed by atoms with E-state index in [4.69, 9.17) is 0 Å². The molecule has 3 nitrogen and oxygen atoms in total. The van der Waals surface area contributed by atoms with Crippen LogP contribution in [0, 0.1) is 5.92 Å². The van der Waals surface area contributed by atoms with Crippen molar-refractivity contribution in [3.8, 4) is 0 Å². The molecule has 1 heterocycles. The Kier molecular flexibility index (Phi) is 2.17. The van der Waals surface area contributed by atoms with Crippen molar-refractivity contribution in [1.82, 2.24) is 10.7 Å². The predicted molar refractivity (Wildman–Crippen MR) is 47.2 cm³/mol. The molecule has 0 aromatic rings. The first kappa shape index (κ1) is 8.11. The molecule has 1 aliphatic heterocycles. The van der Waals surface area contributed by atoms with Crippen LogP contribution in [0.2, 0.25) is 0 Å². The molecule has 0 saturated heterocycles. The molecule has 3 heteroatoms. The monoisotopic (exact) mass is 153 g/mol. The van der Waals surface area contributed by atoms with E-state index in [2.05, 4.69) is 29.7 Å². The van der Waals surface area contributed by atoms with Gasteiger partial charge in [-0.15, -0.1) is 0 Å². The SMILES string of the molecule is CNC1=C(C)C(C)C(C)=NN1. The molecule has 0 spiro atoms. The van der Waals surface area contributed by atoms with Gasteiger partial charge in [0.2, 0.25) is 0 Å². The minimum atomic E-state index is 0.457. The van der Waals surface area contributed by atoms with E-state index >= 15 is 0 Å². The van der Waals surface area contributed by atoms with Gasteiger partial charge in [0.1, 0.15) is 5.82 Å². The van der Waals surface area contributed by atoms with Crippen molar-refractivity contribution in [1.29, 1.82) is 0 Å². The maximum Gasteiger partial charge on any atom is 0.119 e. The summed E-state index contributed by atoms with van der Waals surface area (Å²) in [6.07, 6.45) is 0. The molecule has 1 aliphatic rings. The minimum Gasteiger partial charge on any atom is -0.374 e. The molecule has 0 fully saturated rings. The molecule has 1 rings (SSSR count). The second-order valence-corrected chi connectivity index (χ2v) is 2.89.